The molecule has 5 nitrogen and oxygen atoms in total. The van der Waals surface area contributed by atoms with Crippen LogP contribution in [0, 0.1) is 0 Å². The number of carbonyl (C=O) groups is 1. The fourth-order valence-electron chi connectivity index (χ4n) is 3.71. The van der Waals surface area contributed by atoms with Crippen LogP contribution >= 0.6 is 24.0 Å². The number of ether oxygens (including phenoxy) is 1. The molecule has 1 amide bonds. The molecule has 4 rings (SSSR count). The average molecular weight is 446 g/mol. The van der Waals surface area contributed by atoms with E-state index in [-0.39, 0.29) is 31.0 Å². The highest BCUT2D eigenvalue weighted by Gasteiger charge is 2.22. The van der Waals surface area contributed by atoms with Gasteiger partial charge in [0.05, 0.1) is 5.52 Å². The van der Waals surface area contributed by atoms with Crippen LogP contribution in [0.2, 0.25) is 5.02 Å². The first kappa shape index (κ1) is 22.2. The van der Waals surface area contributed by atoms with Gasteiger partial charge < -0.3 is 15.4 Å². The summed E-state index contributed by atoms with van der Waals surface area (Å²) in [5.41, 5.74) is 0.998. The Bertz CT molecular complexity index is 991. The fraction of sp³-hybridized carbons (Fsp3) is 0.304. The third-order valence-electron chi connectivity index (χ3n) is 5.21. The lowest BCUT2D eigenvalue weighted by Crippen LogP contribution is -2.42. The van der Waals surface area contributed by atoms with E-state index in [1.807, 2.05) is 24.3 Å². The molecule has 1 fully saturated rings. The van der Waals surface area contributed by atoms with Crippen molar-refractivity contribution in [2.24, 2.45) is 0 Å². The van der Waals surface area contributed by atoms with Gasteiger partial charge in [-0.1, -0.05) is 35.9 Å². The number of hydrogen-bond donors (Lipinski definition) is 2. The highest BCUT2D eigenvalue weighted by Crippen LogP contribution is 2.23. The van der Waals surface area contributed by atoms with E-state index < -0.39 is 0 Å². The molecule has 0 saturated heterocycles. The van der Waals surface area contributed by atoms with Crippen LogP contribution in [0.4, 0.5) is 5.82 Å². The normalized spacial score (nSPS) is 18.3. The number of halogens is 2. The molecule has 1 aromatic heterocycles. The molecule has 2 N–H and O–H groups in total. The third-order valence-corrected chi connectivity index (χ3v) is 5.44. The van der Waals surface area contributed by atoms with Crippen molar-refractivity contribution in [1.29, 1.82) is 0 Å². The molecule has 1 heterocycles. The summed E-state index contributed by atoms with van der Waals surface area (Å²) in [5.74, 6) is 1.41. The minimum Gasteiger partial charge on any atom is -0.484 e. The summed E-state index contributed by atoms with van der Waals surface area (Å²) >= 11 is 5.93. The maximum atomic E-state index is 12.2. The largest absolute Gasteiger partial charge is 0.484 e. The molecule has 0 bridgehead atoms. The zero-order valence-electron chi connectivity index (χ0n) is 16.5. The van der Waals surface area contributed by atoms with Crippen molar-refractivity contribution in [1.82, 2.24) is 10.3 Å². The van der Waals surface area contributed by atoms with E-state index in [0.717, 1.165) is 42.4 Å². The van der Waals surface area contributed by atoms with Gasteiger partial charge in [0.15, 0.2) is 6.61 Å². The first-order valence-corrected chi connectivity index (χ1v) is 10.3. The van der Waals surface area contributed by atoms with Crippen LogP contribution in [0.15, 0.2) is 60.7 Å². The Morgan fingerprint density at radius 3 is 2.57 bits per heavy atom. The summed E-state index contributed by atoms with van der Waals surface area (Å²) in [6, 6.07) is 19.9. The lowest BCUT2D eigenvalue weighted by Gasteiger charge is -2.30. The molecule has 0 radical (unpaired) electrons. The Balaban J connectivity index is 0.00000256. The number of fused-ring (bicyclic) bond motifs is 1. The van der Waals surface area contributed by atoms with Gasteiger partial charge in [-0.2, -0.15) is 0 Å². The zero-order valence-corrected chi connectivity index (χ0v) is 18.1. The molecule has 30 heavy (non-hydrogen) atoms. The second-order valence-corrected chi connectivity index (χ2v) is 7.83. The molecule has 0 atom stereocenters. The summed E-state index contributed by atoms with van der Waals surface area (Å²) in [5, 5.41) is 8.35. The summed E-state index contributed by atoms with van der Waals surface area (Å²) in [4.78, 5) is 16.9. The number of nitrogens with one attached hydrogen (secondary N) is 2. The number of carbonyl (C=O) groups excluding carboxylic acids is 1. The first-order valence-electron chi connectivity index (χ1n) is 9.96. The number of para-hydroxylation sites is 1. The molecule has 1 saturated carbocycles. The van der Waals surface area contributed by atoms with Crippen LogP contribution in [-0.4, -0.2) is 29.6 Å². The van der Waals surface area contributed by atoms with E-state index >= 15 is 0 Å². The van der Waals surface area contributed by atoms with Crippen LogP contribution in [0.25, 0.3) is 10.9 Å². The van der Waals surface area contributed by atoms with Gasteiger partial charge in [-0.15, -0.1) is 12.4 Å². The van der Waals surface area contributed by atoms with E-state index in [1.54, 1.807) is 24.3 Å². The summed E-state index contributed by atoms with van der Waals surface area (Å²) in [6.07, 6.45) is 3.87. The van der Waals surface area contributed by atoms with Gasteiger partial charge in [0, 0.05) is 22.5 Å². The van der Waals surface area contributed by atoms with Gasteiger partial charge in [-0.05, 0) is 62.1 Å². The van der Waals surface area contributed by atoms with Crippen LogP contribution in [0.1, 0.15) is 25.7 Å². The van der Waals surface area contributed by atoms with Crippen LogP contribution in [0.3, 0.4) is 0 Å². The maximum absolute atomic E-state index is 12.2. The number of pyridine rings is 1. The number of rotatable bonds is 6. The zero-order chi connectivity index (χ0) is 20.1. The summed E-state index contributed by atoms with van der Waals surface area (Å²) < 4.78 is 5.51. The van der Waals surface area contributed by atoms with Gasteiger partial charge in [0.1, 0.15) is 11.6 Å². The van der Waals surface area contributed by atoms with Crippen LogP contribution in [0.5, 0.6) is 5.75 Å². The molecule has 0 spiro atoms. The molecular formula is C23H25Cl2N3O2. The molecule has 0 unspecified atom stereocenters. The quantitative estimate of drug-likeness (QED) is 0.545. The van der Waals surface area contributed by atoms with Crippen molar-refractivity contribution in [2.45, 2.75) is 37.8 Å². The van der Waals surface area contributed by atoms with Gasteiger partial charge in [0.2, 0.25) is 0 Å². The van der Waals surface area contributed by atoms with E-state index in [4.69, 9.17) is 16.3 Å². The Morgan fingerprint density at radius 1 is 1.00 bits per heavy atom. The number of benzene rings is 2. The molecule has 3 aromatic rings. The highest BCUT2D eigenvalue weighted by molar-refractivity contribution is 6.30. The van der Waals surface area contributed by atoms with Gasteiger partial charge in [-0.3, -0.25) is 4.79 Å². The number of hydrogen-bond acceptors (Lipinski definition) is 4. The van der Waals surface area contributed by atoms with E-state index in [1.165, 1.54) is 0 Å². The first-order chi connectivity index (χ1) is 14.2. The second kappa shape index (κ2) is 10.5. The van der Waals surface area contributed by atoms with E-state index in [0.29, 0.717) is 16.8 Å². The molecule has 158 valence electrons. The Labute approximate surface area is 187 Å². The fourth-order valence-corrected chi connectivity index (χ4v) is 3.89. The highest BCUT2D eigenvalue weighted by atomic mass is 35.5. The summed E-state index contributed by atoms with van der Waals surface area (Å²) in [6.45, 7) is -0.000466. The topological polar surface area (TPSA) is 63.2 Å². The summed E-state index contributed by atoms with van der Waals surface area (Å²) in [7, 11) is 0. The van der Waals surface area contributed by atoms with Crippen molar-refractivity contribution < 1.29 is 9.53 Å². The minimum atomic E-state index is -0.0995. The third kappa shape index (κ3) is 6.00. The number of amides is 1. The standard InChI is InChI=1S/C23H24ClN3O2.ClH/c24-17-5-3-6-20(14-17)29-15-23(28)26-19-11-9-18(10-12-19)25-22-13-8-16-4-1-2-7-21(16)27-22;/h1-8,13-14,18-19H,9-12,15H2,(H,25,27)(H,26,28);1H. The van der Waals surface area contributed by atoms with Gasteiger partial charge >= 0.3 is 0 Å². The van der Waals surface area contributed by atoms with Gasteiger partial charge in [0.25, 0.3) is 5.91 Å². The van der Waals surface area contributed by atoms with Crippen molar-refractivity contribution >= 4 is 46.6 Å². The molecule has 2 aromatic carbocycles. The maximum Gasteiger partial charge on any atom is 0.258 e. The Kier molecular flexibility index (Phi) is 7.77. The Hall–Kier alpha value is -2.50. The van der Waals surface area contributed by atoms with Crippen LogP contribution in [-0.2, 0) is 4.79 Å². The van der Waals surface area contributed by atoms with Gasteiger partial charge in [-0.25, -0.2) is 4.98 Å². The number of nitrogens with zero attached hydrogens (tertiary/aromatic N) is 1. The Morgan fingerprint density at radius 2 is 1.77 bits per heavy atom. The molecule has 1 aliphatic rings. The van der Waals surface area contributed by atoms with Crippen LogP contribution < -0.4 is 15.4 Å². The van der Waals surface area contributed by atoms with Crippen molar-refractivity contribution in [3.05, 3.63) is 65.7 Å². The number of aromatic nitrogens is 1. The molecule has 7 heteroatoms. The predicted octanol–water partition coefficient (Wildman–Crippen LogP) is 5.23. The minimum absolute atomic E-state index is 0. The van der Waals surface area contributed by atoms with Crippen molar-refractivity contribution in [2.75, 3.05) is 11.9 Å². The second-order valence-electron chi connectivity index (χ2n) is 7.40. The van der Waals surface area contributed by atoms with E-state index in [9.17, 15) is 4.79 Å². The van der Waals surface area contributed by atoms with E-state index in [2.05, 4.69) is 27.8 Å². The molecular weight excluding hydrogens is 421 g/mol. The number of anilines is 1. The smallest absolute Gasteiger partial charge is 0.258 e. The lowest BCUT2D eigenvalue weighted by atomic mass is 9.91. The SMILES string of the molecule is Cl.O=C(COc1cccc(Cl)c1)NC1CCC(Nc2ccc3ccccc3n2)CC1. The monoisotopic (exact) mass is 445 g/mol. The average Bonchev–Trinajstić information content (AvgIpc) is 2.74. The lowest BCUT2D eigenvalue weighted by molar-refractivity contribution is -0.124. The predicted molar refractivity (Wildman–Crippen MR) is 124 cm³/mol. The van der Waals surface area contributed by atoms with Crippen molar-refractivity contribution in [3.63, 3.8) is 0 Å². The molecule has 0 aliphatic heterocycles. The molecule has 1 aliphatic carbocycles. The van der Waals surface area contributed by atoms with Crippen molar-refractivity contribution in [3.8, 4) is 5.75 Å².